The van der Waals surface area contributed by atoms with Crippen molar-refractivity contribution in [3.05, 3.63) is 34.1 Å². The average Bonchev–Trinajstić information content (AvgIpc) is 2.49. The summed E-state index contributed by atoms with van der Waals surface area (Å²) in [7, 11) is 1.70. The van der Waals surface area contributed by atoms with E-state index in [0.29, 0.717) is 23.2 Å². The molecule has 1 N–H and O–H groups in total. The number of ether oxygens (including phenoxy) is 2. The second-order valence-corrected chi connectivity index (χ2v) is 5.87. The van der Waals surface area contributed by atoms with Gasteiger partial charge in [-0.15, -0.1) is 0 Å². The summed E-state index contributed by atoms with van der Waals surface area (Å²) in [5.74, 6) is -0.221. The van der Waals surface area contributed by atoms with Crippen LogP contribution in [0.4, 0.5) is 4.39 Å². The van der Waals surface area contributed by atoms with Crippen molar-refractivity contribution in [1.29, 1.82) is 0 Å². The van der Waals surface area contributed by atoms with E-state index in [9.17, 15) is 4.39 Å². The quantitative estimate of drug-likeness (QED) is 0.886. The van der Waals surface area contributed by atoms with Gasteiger partial charge in [-0.2, -0.15) is 0 Å². The van der Waals surface area contributed by atoms with Gasteiger partial charge in [0.15, 0.2) is 0 Å². The van der Waals surface area contributed by atoms with Gasteiger partial charge in [0.25, 0.3) is 0 Å². The lowest BCUT2D eigenvalue weighted by Crippen LogP contribution is -2.49. The van der Waals surface area contributed by atoms with E-state index in [0.717, 1.165) is 19.4 Å². The predicted molar refractivity (Wildman–Crippen MR) is 80.3 cm³/mol. The van der Waals surface area contributed by atoms with E-state index in [2.05, 4.69) is 21.2 Å². The molecule has 0 radical (unpaired) electrons. The molecular formula is C15H21BrFNO2. The zero-order chi connectivity index (χ0) is 14.6. The largest absolute Gasteiger partial charge is 0.381 e. The Hall–Kier alpha value is -0.490. The Morgan fingerprint density at radius 3 is 2.75 bits per heavy atom. The van der Waals surface area contributed by atoms with E-state index in [1.165, 1.54) is 0 Å². The van der Waals surface area contributed by atoms with Crippen LogP contribution in [0.1, 0.15) is 31.4 Å². The number of likely N-dealkylation sites (N-methyl/N-ethyl adjacent to an activating group) is 1. The van der Waals surface area contributed by atoms with Crippen LogP contribution in [0.15, 0.2) is 22.7 Å². The maximum absolute atomic E-state index is 14.5. The maximum Gasteiger partial charge on any atom is 0.142 e. The molecule has 1 aromatic carbocycles. The maximum atomic E-state index is 14.5. The molecule has 3 nitrogen and oxygen atoms in total. The number of benzene rings is 1. The fraction of sp³-hybridized carbons (Fsp3) is 0.600. The van der Waals surface area contributed by atoms with Crippen molar-refractivity contribution >= 4 is 15.9 Å². The van der Waals surface area contributed by atoms with Gasteiger partial charge in [-0.1, -0.05) is 19.1 Å². The van der Waals surface area contributed by atoms with Gasteiger partial charge in [-0.25, -0.2) is 4.39 Å². The van der Waals surface area contributed by atoms with Crippen LogP contribution in [-0.2, 0) is 9.47 Å². The molecule has 1 saturated heterocycles. The Bertz CT molecular complexity index is 449. The van der Waals surface area contributed by atoms with Gasteiger partial charge in [0, 0.05) is 38.7 Å². The van der Waals surface area contributed by atoms with E-state index in [-0.39, 0.29) is 11.9 Å². The molecule has 0 bridgehead atoms. The normalized spacial score (nSPS) is 19.8. The van der Waals surface area contributed by atoms with Gasteiger partial charge in [0.2, 0.25) is 0 Å². The Morgan fingerprint density at radius 1 is 1.45 bits per heavy atom. The van der Waals surface area contributed by atoms with Crippen LogP contribution in [0.5, 0.6) is 0 Å². The zero-order valence-corrected chi connectivity index (χ0v) is 13.5. The summed E-state index contributed by atoms with van der Waals surface area (Å²) in [5, 5.41) is 3.39. The van der Waals surface area contributed by atoms with Crippen LogP contribution < -0.4 is 5.32 Å². The molecule has 0 amide bonds. The molecule has 1 fully saturated rings. The van der Waals surface area contributed by atoms with Gasteiger partial charge in [0.05, 0.1) is 16.1 Å². The molecule has 0 aromatic heterocycles. The first-order valence-corrected chi connectivity index (χ1v) is 7.74. The van der Waals surface area contributed by atoms with Gasteiger partial charge in [0.1, 0.15) is 5.82 Å². The van der Waals surface area contributed by atoms with Crippen molar-refractivity contribution in [3.63, 3.8) is 0 Å². The van der Waals surface area contributed by atoms with Crippen molar-refractivity contribution in [3.8, 4) is 0 Å². The van der Waals surface area contributed by atoms with Crippen LogP contribution in [0.2, 0.25) is 0 Å². The van der Waals surface area contributed by atoms with Gasteiger partial charge < -0.3 is 14.8 Å². The summed E-state index contributed by atoms with van der Waals surface area (Å²) in [4.78, 5) is 0. The Balaban J connectivity index is 2.41. The van der Waals surface area contributed by atoms with Gasteiger partial charge in [-0.05, 0) is 28.5 Å². The second kappa shape index (κ2) is 6.98. The van der Waals surface area contributed by atoms with Crippen LogP contribution >= 0.6 is 15.9 Å². The van der Waals surface area contributed by atoms with E-state index < -0.39 is 5.60 Å². The lowest BCUT2D eigenvalue weighted by atomic mass is 9.81. The predicted octanol–water partition coefficient (Wildman–Crippen LogP) is 3.43. The first kappa shape index (κ1) is 15.9. The van der Waals surface area contributed by atoms with E-state index in [1.54, 1.807) is 13.2 Å². The minimum absolute atomic E-state index is 0.182. The standard InChI is InChI=1S/C15H21BrFNO2/c1-3-18-14(11-5-4-6-12(16)13(11)17)15(19-2)7-9-20-10-8-15/h4-6,14,18H,3,7-10H2,1-2H3. The highest BCUT2D eigenvalue weighted by molar-refractivity contribution is 9.10. The summed E-state index contributed by atoms with van der Waals surface area (Å²) in [5.41, 5.74) is 0.223. The minimum Gasteiger partial charge on any atom is -0.381 e. The van der Waals surface area contributed by atoms with Crippen molar-refractivity contribution in [2.75, 3.05) is 26.9 Å². The fourth-order valence-electron chi connectivity index (χ4n) is 2.85. The highest BCUT2D eigenvalue weighted by Crippen LogP contribution is 2.39. The van der Waals surface area contributed by atoms with Gasteiger partial charge >= 0.3 is 0 Å². The van der Waals surface area contributed by atoms with Gasteiger partial charge in [-0.3, -0.25) is 0 Å². The van der Waals surface area contributed by atoms with Crippen molar-refractivity contribution in [1.82, 2.24) is 5.32 Å². The lowest BCUT2D eigenvalue weighted by molar-refractivity contribution is -0.112. The first-order chi connectivity index (χ1) is 9.64. The first-order valence-electron chi connectivity index (χ1n) is 6.95. The number of methoxy groups -OCH3 is 1. The fourth-order valence-corrected chi connectivity index (χ4v) is 3.24. The van der Waals surface area contributed by atoms with Crippen molar-refractivity contribution < 1.29 is 13.9 Å². The highest BCUT2D eigenvalue weighted by Gasteiger charge is 2.42. The average molecular weight is 346 g/mol. The number of nitrogens with one attached hydrogen (secondary N) is 1. The second-order valence-electron chi connectivity index (χ2n) is 5.02. The van der Waals surface area contributed by atoms with E-state index >= 15 is 0 Å². The van der Waals surface area contributed by atoms with E-state index in [4.69, 9.17) is 9.47 Å². The molecule has 112 valence electrons. The number of rotatable bonds is 5. The lowest BCUT2D eigenvalue weighted by Gasteiger charge is -2.43. The van der Waals surface area contributed by atoms with Crippen molar-refractivity contribution in [2.45, 2.75) is 31.4 Å². The summed E-state index contributed by atoms with van der Waals surface area (Å²) < 4.78 is 26.2. The molecule has 0 saturated carbocycles. The molecule has 1 unspecified atom stereocenters. The molecule has 0 aliphatic carbocycles. The van der Waals surface area contributed by atoms with Crippen LogP contribution in [0, 0.1) is 5.82 Å². The number of halogens is 2. The molecular weight excluding hydrogens is 325 g/mol. The Kier molecular flexibility index (Phi) is 5.55. The molecule has 1 aromatic rings. The highest BCUT2D eigenvalue weighted by atomic mass is 79.9. The van der Waals surface area contributed by atoms with Crippen LogP contribution in [-0.4, -0.2) is 32.5 Å². The molecule has 2 rings (SSSR count). The van der Waals surface area contributed by atoms with Crippen LogP contribution in [0.3, 0.4) is 0 Å². The number of hydrogen-bond donors (Lipinski definition) is 1. The minimum atomic E-state index is -0.421. The SMILES string of the molecule is CCNC(c1cccc(Br)c1F)C1(OC)CCOCC1. The third-order valence-electron chi connectivity index (χ3n) is 3.97. The summed E-state index contributed by atoms with van der Waals surface area (Å²) >= 11 is 3.26. The third-order valence-corrected chi connectivity index (χ3v) is 4.58. The Labute approximate surface area is 128 Å². The molecule has 1 heterocycles. The molecule has 1 aliphatic heterocycles. The third kappa shape index (κ3) is 3.06. The van der Waals surface area contributed by atoms with E-state index in [1.807, 2.05) is 19.1 Å². The molecule has 1 atom stereocenters. The Morgan fingerprint density at radius 2 is 2.15 bits per heavy atom. The topological polar surface area (TPSA) is 30.5 Å². The van der Waals surface area contributed by atoms with Crippen molar-refractivity contribution in [2.24, 2.45) is 0 Å². The summed E-state index contributed by atoms with van der Waals surface area (Å²) in [6.45, 7) is 4.06. The van der Waals surface area contributed by atoms with Crippen LogP contribution in [0.25, 0.3) is 0 Å². The zero-order valence-electron chi connectivity index (χ0n) is 11.9. The smallest absolute Gasteiger partial charge is 0.142 e. The molecule has 1 aliphatic rings. The molecule has 0 spiro atoms. The number of hydrogen-bond acceptors (Lipinski definition) is 3. The molecule has 20 heavy (non-hydrogen) atoms. The monoisotopic (exact) mass is 345 g/mol. The summed E-state index contributed by atoms with van der Waals surface area (Å²) in [6.07, 6.45) is 1.51. The summed E-state index contributed by atoms with van der Waals surface area (Å²) in [6, 6.07) is 5.21. The molecule has 5 heteroatoms.